The number of nitrogens with zero attached hydrogens (tertiary/aromatic N) is 4. The van der Waals surface area contributed by atoms with Gasteiger partial charge in [-0.25, -0.2) is 0 Å². The van der Waals surface area contributed by atoms with E-state index in [9.17, 15) is 0 Å². The Morgan fingerprint density at radius 1 is 1.10 bits per heavy atom. The van der Waals surface area contributed by atoms with Gasteiger partial charge < -0.3 is 16.8 Å². The second kappa shape index (κ2) is 5.49. The average Bonchev–Trinajstić information content (AvgIpc) is 2.73. The monoisotopic (exact) mass is 277 g/mol. The van der Waals surface area contributed by atoms with E-state index < -0.39 is 0 Å². The van der Waals surface area contributed by atoms with E-state index in [-0.39, 0.29) is 11.9 Å². The number of nitrogen functional groups attached to an aromatic ring is 2. The summed E-state index contributed by atoms with van der Waals surface area (Å²) in [6.45, 7) is 3.85. The fraction of sp³-hybridized carbons (Fsp3) is 0.769. The quantitative estimate of drug-likeness (QED) is 0.718. The Kier molecular flexibility index (Phi) is 3.71. The van der Waals surface area contributed by atoms with Crippen molar-refractivity contribution in [3.8, 4) is 0 Å². The van der Waals surface area contributed by atoms with E-state index in [0.717, 1.165) is 6.54 Å². The van der Waals surface area contributed by atoms with Crippen molar-refractivity contribution in [2.45, 2.75) is 57.3 Å². The van der Waals surface area contributed by atoms with Crippen LogP contribution in [0, 0.1) is 0 Å². The lowest BCUT2D eigenvalue weighted by atomic mass is 9.98. The van der Waals surface area contributed by atoms with Crippen molar-refractivity contribution in [3.63, 3.8) is 0 Å². The highest BCUT2D eigenvalue weighted by molar-refractivity contribution is 5.25. The Morgan fingerprint density at radius 3 is 2.25 bits per heavy atom. The Balaban J connectivity index is 1.70. The van der Waals surface area contributed by atoms with Crippen LogP contribution in [0.25, 0.3) is 0 Å². The summed E-state index contributed by atoms with van der Waals surface area (Å²) < 4.78 is 0. The molecular formula is C13H23N7. The second-order valence-electron chi connectivity index (χ2n) is 5.79. The highest BCUT2D eigenvalue weighted by atomic mass is 15.2. The van der Waals surface area contributed by atoms with Crippen molar-refractivity contribution in [3.05, 3.63) is 5.82 Å². The van der Waals surface area contributed by atoms with Crippen LogP contribution in [0.15, 0.2) is 0 Å². The van der Waals surface area contributed by atoms with Crippen molar-refractivity contribution >= 4 is 11.9 Å². The van der Waals surface area contributed by atoms with Crippen LogP contribution < -0.4 is 16.8 Å². The van der Waals surface area contributed by atoms with E-state index in [0.29, 0.717) is 30.5 Å². The summed E-state index contributed by atoms with van der Waals surface area (Å²) in [4.78, 5) is 14.6. The molecule has 2 aliphatic heterocycles. The third-order valence-corrected chi connectivity index (χ3v) is 4.43. The van der Waals surface area contributed by atoms with Gasteiger partial charge in [0.1, 0.15) is 5.82 Å². The molecule has 2 fully saturated rings. The molecular weight excluding hydrogens is 254 g/mol. The van der Waals surface area contributed by atoms with Gasteiger partial charge in [-0.05, 0) is 32.2 Å². The molecule has 7 heteroatoms. The topological polar surface area (TPSA) is 106 Å². The number of piperidine rings is 1. The predicted molar refractivity (Wildman–Crippen MR) is 77.7 cm³/mol. The molecule has 2 unspecified atom stereocenters. The van der Waals surface area contributed by atoms with Gasteiger partial charge >= 0.3 is 0 Å². The van der Waals surface area contributed by atoms with Gasteiger partial charge in [0.15, 0.2) is 0 Å². The molecule has 0 aromatic carbocycles. The van der Waals surface area contributed by atoms with Gasteiger partial charge in [-0.1, -0.05) is 6.92 Å². The van der Waals surface area contributed by atoms with Gasteiger partial charge in [0.25, 0.3) is 0 Å². The van der Waals surface area contributed by atoms with Gasteiger partial charge in [0.2, 0.25) is 11.9 Å². The number of fused-ring (bicyclic) bond motifs is 2. The lowest BCUT2D eigenvalue weighted by molar-refractivity contribution is 0.137. The number of nitrogens with one attached hydrogen (secondary N) is 1. The van der Waals surface area contributed by atoms with E-state index in [1.807, 2.05) is 0 Å². The summed E-state index contributed by atoms with van der Waals surface area (Å²) >= 11 is 0. The first kappa shape index (κ1) is 13.5. The van der Waals surface area contributed by atoms with Crippen molar-refractivity contribution < 1.29 is 0 Å². The highest BCUT2D eigenvalue weighted by Crippen LogP contribution is 2.30. The van der Waals surface area contributed by atoms with Crippen molar-refractivity contribution in [2.24, 2.45) is 0 Å². The SMILES string of the molecule is CCN(Cc1nc(N)nc(N)n1)C1CC2CCC(C1)N2. The maximum Gasteiger partial charge on any atom is 0.225 e. The number of aromatic nitrogens is 3. The number of hydrogen-bond donors (Lipinski definition) is 3. The minimum Gasteiger partial charge on any atom is -0.368 e. The molecule has 110 valence electrons. The van der Waals surface area contributed by atoms with Gasteiger partial charge in [-0.3, -0.25) is 4.90 Å². The third-order valence-electron chi connectivity index (χ3n) is 4.43. The summed E-state index contributed by atoms with van der Waals surface area (Å²) in [6, 6.07) is 1.96. The van der Waals surface area contributed by atoms with Crippen molar-refractivity contribution in [2.75, 3.05) is 18.0 Å². The molecule has 1 aromatic heterocycles. The molecule has 0 radical (unpaired) electrons. The second-order valence-corrected chi connectivity index (χ2v) is 5.79. The summed E-state index contributed by atoms with van der Waals surface area (Å²) in [7, 11) is 0. The molecule has 2 saturated heterocycles. The van der Waals surface area contributed by atoms with E-state index in [1.54, 1.807) is 0 Å². The maximum absolute atomic E-state index is 5.64. The Morgan fingerprint density at radius 2 is 1.70 bits per heavy atom. The lowest BCUT2D eigenvalue weighted by Gasteiger charge is -2.36. The number of anilines is 2. The fourth-order valence-corrected chi connectivity index (χ4v) is 3.53. The van der Waals surface area contributed by atoms with Crippen LogP contribution in [0.2, 0.25) is 0 Å². The normalized spacial score (nSPS) is 29.0. The molecule has 3 heterocycles. The van der Waals surface area contributed by atoms with E-state index in [4.69, 9.17) is 11.5 Å². The zero-order chi connectivity index (χ0) is 14.1. The van der Waals surface area contributed by atoms with Crippen molar-refractivity contribution in [1.82, 2.24) is 25.2 Å². The zero-order valence-electron chi connectivity index (χ0n) is 11.9. The summed E-state index contributed by atoms with van der Waals surface area (Å²) in [6.07, 6.45) is 5.04. The molecule has 2 bridgehead atoms. The fourth-order valence-electron chi connectivity index (χ4n) is 3.53. The Labute approximate surface area is 119 Å². The number of hydrogen-bond acceptors (Lipinski definition) is 7. The summed E-state index contributed by atoms with van der Waals surface area (Å²) in [5.74, 6) is 1.07. The number of nitrogens with two attached hydrogens (primary N) is 2. The molecule has 0 spiro atoms. The smallest absolute Gasteiger partial charge is 0.225 e. The largest absolute Gasteiger partial charge is 0.368 e. The Hall–Kier alpha value is -1.47. The average molecular weight is 277 g/mol. The molecule has 7 nitrogen and oxygen atoms in total. The van der Waals surface area contributed by atoms with E-state index in [1.165, 1.54) is 25.7 Å². The predicted octanol–water partition coefficient (Wildman–Crippen LogP) is 0.141. The van der Waals surface area contributed by atoms with Crippen LogP contribution in [0.1, 0.15) is 38.4 Å². The van der Waals surface area contributed by atoms with Gasteiger partial charge in [-0.2, -0.15) is 15.0 Å². The van der Waals surface area contributed by atoms with Crippen LogP contribution in [0.3, 0.4) is 0 Å². The third kappa shape index (κ3) is 2.83. The highest BCUT2D eigenvalue weighted by Gasteiger charge is 2.35. The standard InChI is InChI=1S/C13H23N7/c1-2-20(7-11-17-12(14)19-13(15)18-11)10-5-8-3-4-9(6-10)16-8/h8-10,16H,2-7H2,1H3,(H4,14,15,17,18,19). The van der Waals surface area contributed by atoms with Crippen LogP contribution in [0.4, 0.5) is 11.9 Å². The molecule has 2 aliphatic rings. The molecule has 2 atom stereocenters. The number of rotatable bonds is 4. The molecule has 0 amide bonds. The first-order valence-corrected chi connectivity index (χ1v) is 7.40. The summed E-state index contributed by atoms with van der Waals surface area (Å²) in [5.41, 5.74) is 11.3. The minimum absolute atomic E-state index is 0.203. The van der Waals surface area contributed by atoms with E-state index >= 15 is 0 Å². The minimum atomic E-state index is 0.203. The van der Waals surface area contributed by atoms with E-state index in [2.05, 4.69) is 32.1 Å². The Bertz CT molecular complexity index is 446. The van der Waals surface area contributed by atoms with Crippen LogP contribution in [-0.2, 0) is 6.54 Å². The molecule has 5 N–H and O–H groups in total. The van der Waals surface area contributed by atoms with Gasteiger partial charge in [-0.15, -0.1) is 0 Å². The van der Waals surface area contributed by atoms with Crippen molar-refractivity contribution in [1.29, 1.82) is 0 Å². The van der Waals surface area contributed by atoms with Gasteiger partial charge in [0, 0.05) is 18.1 Å². The molecule has 0 saturated carbocycles. The lowest BCUT2D eigenvalue weighted by Crippen LogP contribution is -2.48. The van der Waals surface area contributed by atoms with Crippen LogP contribution in [-0.4, -0.2) is 44.5 Å². The molecule has 0 aliphatic carbocycles. The molecule has 20 heavy (non-hydrogen) atoms. The molecule has 1 aromatic rings. The first-order chi connectivity index (χ1) is 9.64. The molecule has 3 rings (SSSR count). The van der Waals surface area contributed by atoms with Crippen LogP contribution >= 0.6 is 0 Å². The van der Waals surface area contributed by atoms with Gasteiger partial charge in [0.05, 0.1) is 6.54 Å². The van der Waals surface area contributed by atoms with Crippen LogP contribution in [0.5, 0.6) is 0 Å². The maximum atomic E-state index is 5.64. The summed E-state index contributed by atoms with van der Waals surface area (Å²) in [5, 5.41) is 3.67. The first-order valence-electron chi connectivity index (χ1n) is 7.40. The zero-order valence-corrected chi connectivity index (χ0v) is 11.9.